The van der Waals surface area contributed by atoms with E-state index < -0.39 is 5.97 Å². The molecule has 1 aromatic carbocycles. The molecule has 0 aromatic heterocycles. The van der Waals surface area contributed by atoms with E-state index >= 15 is 0 Å². The highest BCUT2D eigenvalue weighted by Crippen LogP contribution is 2.24. The van der Waals surface area contributed by atoms with Crippen LogP contribution in [0, 0.1) is 6.92 Å². The number of halogens is 1. The van der Waals surface area contributed by atoms with Crippen LogP contribution in [-0.4, -0.2) is 54.3 Å². The third-order valence-electron chi connectivity index (χ3n) is 3.93. The number of benzene rings is 1. The van der Waals surface area contributed by atoms with Gasteiger partial charge >= 0.3 is 5.97 Å². The molecule has 2 unspecified atom stereocenters. The van der Waals surface area contributed by atoms with Crippen molar-refractivity contribution in [2.45, 2.75) is 31.9 Å². The average Bonchev–Trinajstić information content (AvgIpc) is 2.88. The molecule has 0 saturated carbocycles. The van der Waals surface area contributed by atoms with E-state index in [1.165, 1.54) is 4.90 Å². The first-order valence-corrected chi connectivity index (χ1v) is 7.71. The summed E-state index contributed by atoms with van der Waals surface area (Å²) in [5, 5.41) is 9.58. The summed E-state index contributed by atoms with van der Waals surface area (Å²) in [6, 6.07) is 4.80. The third kappa shape index (κ3) is 4.59. The number of carbonyl (C=O) groups excluding carboxylic acids is 1. The number of carbonyl (C=O) groups is 2. The van der Waals surface area contributed by atoms with Crippen LogP contribution in [0.3, 0.4) is 0 Å². The van der Waals surface area contributed by atoms with Crippen LogP contribution in [0.1, 0.15) is 18.4 Å². The van der Waals surface area contributed by atoms with Gasteiger partial charge in [0.25, 0.3) is 5.91 Å². The normalized spacial score (nSPS) is 20.6. The number of likely N-dealkylation sites (tertiary alicyclic amines) is 1. The number of methoxy groups -OCH3 is 1. The van der Waals surface area contributed by atoms with Gasteiger partial charge in [0, 0.05) is 24.7 Å². The first-order chi connectivity index (χ1) is 10.9. The number of hydrogen-bond acceptors (Lipinski definition) is 4. The van der Waals surface area contributed by atoms with E-state index in [1.807, 2.05) is 6.92 Å². The maximum Gasteiger partial charge on any atom is 0.305 e. The number of amides is 1. The molecule has 1 aliphatic heterocycles. The number of aliphatic carboxylic acids is 1. The highest BCUT2D eigenvalue weighted by atomic mass is 35.5. The lowest BCUT2D eigenvalue weighted by molar-refractivity contribution is -0.140. The van der Waals surface area contributed by atoms with E-state index in [-0.39, 0.29) is 31.1 Å². The number of rotatable bonds is 6. The number of carboxylic acid groups (broad SMARTS) is 1. The molecule has 23 heavy (non-hydrogen) atoms. The van der Waals surface area contributed by atoms with Crippen molar-refractivity contribution in [3.63, 3.8) is 0 Å². The Balaban J connectivity index is 1.99. The first kappa shape index (κ1) is 17.6. The molecule has 6 nitrogen and oxygen atoms in total. The van der Waals surface area contributed by atoms with Gasteiger partial charge in [0.1, 0.15) is 5.75 Å². The topological polar surface area (TPSA) is 76.1 Å². The molecule has 0 spiro atoms. The highest BCUT2D eigenvalue weighted by Gasteiger charge is 2.36. The maximum absolute atomic E-state index is 12.4. The third-order valence-corrected chi connectivity index (χ3v) is 4.16. The van der Waals surface area contributed by atoms with Crippen molar-refractivity contribution in [1.82, 2.24) is 4.90 Å². The molecule has 1 heterocycles. The Kier molecular flexibility index (Phi) is 5.85. The van der Waals surface area contributed by atoms with Gasteiger partial charge in [-0.1, -0.05) is 11.6 Å². The van der Waals surface area contributed by atoms with Crippen LogP contribution in [-0.2, 0) is 14.3 Å². The summed E-state index contributed by atoms with van der Waals surface area (Å²) < 4.78 is 10.8. The van der Waals surface area contributed by atoms with Crippen LogP contribution in [0.15, 0.2) is 18.2 Å². The summed E-state index contributed by atoms with van der Waals surface area (Å²) in [5.41, 5.74) is 0.837. The Morgan fingerprint density at radius 3 is 2.78 bits per heavy atom. The van der Waals surface area contributed by atoms with Crippen molar-refractivity contribution in [2.24, 2.45) is 0 Å². The van der Waals surface area contributed by atoms with Crippen molar-refractivity contribution in [3.8, 4) is 5.75 Å². The molecular weight excluding hydrogens is 322 g/mol. The molecular formula is C16H20ClNO5. The standard InChI is InChI=1S/C16H20ClNO5/c1-10-5-11(17)3-4-14(10)23-9-15(19)18-8-13(22-2)6-12(18)7-16(20)21/h3-5,12-13H,6-9H2,1-2H3,(H,20,21). The second-order valence-electron chi connectivity index (χ2n) is 5.59. The zero-order valence-electron chi connectivity index (χ0n) is 13.1. The molecule has 1 aromatic rings. The van der Waals surface area contributed by atoms with Crippen molar-refractivity contribution >= 4 is 23.5 Å². The average molecular weight is 342 g/mol. The number of hydrogen-bond donors (Lipinski definition) is 1. The minimum absolute atomic E-state index is 0.0917. The summed E-state index contributed by atoms with van der Waals surface area (Å²) in [7, 11) is 1.56. The minimum atomic E-state index is -0.931. The van der Waals surface area contributed by atoms with Crippen molar-refractivity contribution < 1.29 is 24.2 Å². The van der Waals surface area contributed by atoms with Crippen molar-refractivity contribution in [1.29, 1.82) is 0 Å². The van der Waals surface area contributed by atoms with E-state index in [4.69, 9.17) is 26.2 Å². The lowest BCUT2D eigenvalue weighted by Gasteiger charge is -2.23. The summed E-state index contributed by atoms with van der Waals surface area (Å²) in [6.07, 6.45) is 0.292. The zero-order valence-corrected chi connectivity index (χ0v) is 13.9. The van der Waals surface area contributed by atoms with Crippen molar-refractivity contribution in [3.05, 3.63) is 28.8 Å². The highest BCUT2D eigenvalue weighted by molar-refractivity contribution is 6.30. The van der Waals surface area contributed by atoms with Gasteiger partial charge in [0.15, 0.2) is 6.61 Å². The largest absolute Gasteiger partial charge is 0.483 e. The first-order valence-electron chi connectivity index (χ1n) is 7.33. The number of carboxylic acids is 1. The Bertz CT molecular complexity index is 592. The predicted molar refractivity (Wildman–Crippen MR) is 84.9 cm³/mol. The molecule has 1 aliphatic rings. The number of nitrogens with zero attached hydrogens (tertiary/aromatic N) is 1. The van der Waals surface area contributed by atoms with Gasteiger partial charge in [0.05, 0.1) is 12.5 Å². The van der Waals surface area contributed by atoms with Gasteiger partial charge in [-0.05, 0) is 37.1 Å². The maximum atomic E-state index is 12.4. The number of aryl methyl sites for hydroxylation is 1. The molecule has 1 amide bonds. The van der Waals surface area contributed by atoms with E-state index in [1.54, 1.807) is 25.3 Å². The molecule has 2 rings (SSSR count). The lowest BCUT2D eigenvalue weighted by Crippen LogP contribution is -2.40. The summed E-state index contributed by atoms with van der Waals surface area (Å²) >= 11 is 5.88. The van der Waals surface area contributed by atoms with Crippen LogP contribution in [0.5, 0.6) is 5.75 Å². The molecule has 0 bridgehead atoms. The van der Waals surface area contributed by atoms with Gasteiger partial charge in [-0.25, -0.2) is 0 Å². The molecule has 0 aliphatic carbocycles. The van der Waals surface area contributed by atoms with Crippen LogP contribution in [0.4, 0.5) is 0 Å². The molecule has 0 radical (unpaired) electrons. The van der Waals surface area contributed by atoms with Crippen LogP contribution in [0.2, 0.25) is 5.02 Å². The fourth-order valence-electron chi connectivity index (χ4n) is 2.74. The summed E-state index contributed by atoms with van der Waals surface area (Å²) in [4.78, 5) is 24.9. The zero-order chi connectivity index (χ0) is 17.0. The second-order valence-corrected chi connectivity index (χ2v) is 6.03. The number of ether oxygens (including phenoxy) is 2. The fraction of sp³-hybridized carbons (Fsp3) is 0.500. The van der Waals surface area contributed by atoms with Crippen LogP contribution >= 0.6 is 11.6 Å². The van der Waals surface area contributed by atoms with E-state index in [0.29, 0.717) is 23.7 Å². The quantitative estimate of drug-likeness (QED) is 0.857. The van der Waals surface area contributed by atoms with Crippen LogP contribution in [0.25, 0.3) is 0 Å². The SMILES string of the molecule is COC1CC(CC(=O)O)N(C(=O)COc2ccc(Cl)cc2C)C1. The van der Waals surface area contributed by atoms with Gasteiger partial charge in [-0.15, -0.1) is 0 Å². The van der Waals surface area contributed by atoms with E-state index in [2.05, 4.69) is 0 Å². The predicted octanol–water partition coefficient (Wildman–Crippen LogP) is 2.12. The van der Waals surface area contributed by atoms with E-state index in [0.717, 1.165) is 5.56 Å². The van der Waals surface area contributed by atoms with E-state index in [9.17, 15) is 9.59 Å². The Morgan fingerprint density at radius 2 is 2.17 bits per heavy atom. The Labute approximate surface area is 139 Å². The van der Waals surface area contributed by atoms with Gasteiger partial charge < -0.3 is 19.5 Å². The summed E-state index contributed by atoms with van der Waals surface area (Å²) in [5.74, 6) is -0.593. The van der Waals surface area contributed by atoms with Crippen molar-refractivity contribution in [2.75, 3.05) is 20.3 Å². The molecule has 1 saturated heterocycles. The molecule has 1 N–H and O–H groups in total. The summed E-state index contributed by atoms with van der Waals surface area (Å²) in [6.45, 7) is 2.08. The molecule has 7 heteroatoms. The Morgan fingerprint density at radius 1 is 1.43 bits per heavy atom. The Hall–Kier alpha value is -1.79. The minimum Gasteiger partial charge on any atom is -0.483 e. The molecule has 126 valence electrons. The lowest BCUT2D eigenvalue weighted by atomic mass is 10.1. The monoisotopic (exact) mass is 341 g/mol. The van der Waals surface area contributed by atoms with Gasteiger partial charge in [0.2, 0.25) is 0 Å². The smallest absolute Gasteiger partial charge is 0.305 e. The fourth-order valence-corrected chi connectivity index (χ4v) is 2.97. The van der Waals surface area contributed by atoms with Gasteiger partial charge in [-0.3, -0.25) is 9.59 Å². The second kappa shape index (κ2) is 7.66. The van der Waals surface area contributed by atoms with Gasteiger partial charge in [-0.2, -0.15) is 0 Å². The molecule has 1 fully saturated rings. The molecule has 2 atom stereocenters. The van der Waals surface area contributed by atoms with Crippen LogP contribution < -0.4 is 4.74 Å².